The summed E-state index contributed by atoms with van der Waals surface area (Å²) < 4.78 is 2.14. The Morgan fingerprint density at radius 2 is 1.97 bits per heavy atom. The van der Waals surface area contributed by atoms with Gasteiger partial charge in [-0.2, -0.15) is 0 Å². The lowest BCUT2D eigenvalue weighted by atomic mass is 9.87. The average molecular weight is 519 g/mol. The third-order valence-electron chi connectivity index (χ3n) is 7.06. The van der Waals surface area contributed by atoms with Crippen molar-refractivity contribution in [3.05, 3.63) is 58.6 Å². The zero-order chi connectivity index (χ0) is 24.5. The van der Waals surface area contributed by atoms with Crippen LogP contribution in [0.1, 0.15) is 56.5 Å². The fourth-order valence-corrected chi connectivity index (χ4v) is 4.67. The predicted molar refractivity (Wildman–Crippen MR) is 148 cm³/mol. The number of carbonyl (C=O) groups excluding carboxylic acids is 1. The van der Waals surface area contributed by atoms with Gasteiger partial charge in [-0.1, -0.05) is 38.4 Å². The molecular weight excluding hydrogens is 481 g/mol. The van der Waals surface area contributed by atoms with Crippen molar-refractivity contribution in [1.29, 1.82) is 0 Å². The number of hydrogen-bond donors (Lipinski definition) is 2. The highest BCUT2D eigenvalue weighted by Gasteiger charge is 2.24. The van der Waals surface area contributed by atoms with Crippen molar-refractivity contribution >= 4 is 46.9 Å². The van der Waals surface area contributed by atoms with Gasteiger partial charge in [0.15, 0.2) is 0 Å². The van der Waals surface area contributed by atoms with Gasteiger partial charge < -0.3 is 9.88 Å². The topological polar surface area (TPSA) is 62.2 Å². The molecule has 0 bridgehead atoms. The Balaban J connectivity index is 0.00000342. The first kappa shape index (κ1) is 27.5. The van der Waals surface area contributed by atoms with Gasteiger partial charge in [-0.15, -0.1) is 12.4 Å². The van der Waals surface area contributed by atoms with Crippen molar-refractivity contribution in [2.75, 3.05) is 18.9 Å². The van der Waals surface area contributed by atoms with Gasteiger partial charge in [-0.25, -0.2) is 4.98 Å². The van der Waals surface area contributed by atoms with Crippen LogP contribution in [0.2, 0.25) is 5.02 Å². The lowest BCUT2D eigenvalue weighted by molar-refractivity contribution is 0.102. The number of nitrogens with one attached hydrogen (secondary N) is 2. The molecule has 0 spiro atoms. The summed E-state index contributed by atoms with van der Waals surface area (Å²) in [7, 11) is 2.17. The molecule has 3 aromatic rings. The second-order valence-electron chi connectivity index (χ2n) is 10.6. The first-order valence-corrected chi connectivity index (χ1v) is 12.5. The monoisotopic (exact) mass is 517 g/mol. The molecule has 190 valence electrons. The molecule has 6 nitrogen and oxygen atoms in total. The molecule has 1 amide bonds. The van der Waals surface area contributed by atoms with Crippen molar-refractivity contribution in [1.82, 2.24) is 19.8 Å². The Kier molecular flexibility index (Phi) is 8.86. The number of benzene rings is 2. The number of anilines is 1. The van der Waals surface area contributed by atoms with Crippen molar-refractivity contribution in [2.45, 2.75) is 65.7 Å². The molecule has 2 unspecified atom stereocenters. The number of rotatable bonds is 7. The van der Waals surface area contributed by atoms with Crippen LogP contribution in [-0.4, -0.2) is 46.0 Å². The van der Waals surface area contributed by atoms with E-state index in [4.69, 9.17) is 16.6 Å². The average Bonchev–Trinajstić information content (AvgIpc) is 3.41. The number of carbonyl (C=O) groups is 1. The van der Waals surface area contributed by atoms with E-state index in [9.17, 15) is 4.79 Å². The molecule has 1 aliphatic rings. The van der Waals surface area contributed by atoms with Crippen LogP contribution in [0.15, 0.2) is 42.5 Å². The van der Waals surface area contributed by atoms with Gasteiger partial charge in [0.2, 0.25) is 5.95 Å². The fourth-order valence-electron chi connectivity index (χ4n) is 4.55. The molecule has 1 fully saturated rings. The third-order valence-corrected chi connectivity index (χ3v) is 7.31. The van der Waals surface area contributed by atoms with Crippen molar-refractivity contribution in [2.24, 2.45) is 5.41 Å². The van der Waals surface area contributed by atoms with Gasteiger partial charge in [0.05, 0.1) is 11.0 Å². The number of amides is 1. The summed E-state index contributed by atoms with van der Waals surface area (Å²) in [5.74, 6) is 0.392. The number of hydrogen-bond acceptors (Lipinski definition) is 4. The number of nitrogens with zero attached hydrogens (tertiary/aromatic N) is 3. The summed E-state index contributed by atoms with van der Waals surface area (Å²) in [5.41, 5.74) is 3.91. The van der Waals surface area contributed by atoms with Crippen LogP contribution >= 0.6 is 24.0 Å². The standard InChI is InChI=1S/C27H36ClN5O.ClH/c1-18(27(2,3)4)32(5)16-19-8-13-24-23(15-19)30-26(33(24)17-22-7-6-14-29-22)31-25(34)20-9-11-21(28)12-10-20;/h8-13,15,18,22,29H,6-7,14,16-17H2,1-5H3,(H,30,31,34);1H. The SMILES string of the molecule is CC(N(C)Cc1ccc2c(c1)nc(NC(=O)c1ccc(Cl)cc1)n2CC1CCCN1)C(C)(C)C.Cl. The number of fused-ring (bicyclic) bond motifs is 1. The van der Waals surface area contributed by atoms with Gasteiger partial charge in [-0.05, 0) is 80.7 Å². The highest BCUT2D eigenvalue weighted by molar-refractivity contribution is 6.30. The summed E-state index contributed by atoms with van der Waals surface area (Å²) >= 11 is 5.99. The van der Waals surface area contributed by atoms with Crippen molar-refractivity contribution in [3.8, 4) is 0 Å². The zero-order valence-corrected chi connectivity index (χ0v) is 22.8. The fraction of sp³-hybridized carbons (Fsp3) is 0.481. The summed E-state index contributed by atoms with van der Waals surface area (Å²) in [5, 5.41) is 7.20. The van der Waals surface area contributed by atoms with Crippen LogP contribution in [0.4, 0.5) is 5.95 Å². The molecule has 4 rings (SSSR count). The van der Waals surface area contributed by atoms with Gasteiger partial charge in [-0.3, -0.25) is 15.0 Å². The molecular formula is C27H37Cl2N5O. The molecule has 2 N–H and O–H groups in total. The van der Waals surface area contributed by atoms with E-state index in [1.807, 2.05) is 0 Å². The van der Waals surface area contributed by atoms with E-state index in [2.05, 4.69) is 73.0 Å². The quantitative estimate of drug-likeness (QED) is 0.404. The van der Waals surface area contributed by atoms with Gasteiger partial charge in [0.25, 0.3) is 5.91 Å². The van der Waals surface area contributed by atoms with E-state index < -0.39 is 0 Å². The summed E-state index contributed by atoms with van der Waals surface area (Å²) in [6, 6.07) is 14.2. The normalized spacial score (nSPS) is 16.9. The first-order valence-electron chi connectivity index (χ1n) is 12.1. The Labute approximate surface area is 219 Å². The molecule has 2 atom stereocenters. The molecule has 1 aliphatic heterocycles. The van der Waals surface area contributed by atoms with E-state index >= 15 is 0 Å². The van der Waals surface area contributed by atoms with E-state index in [0.717, 1.165) is 37.1 Å². The molecule has 0 aliphatic carbocycles. The third kappa shape index (κ3) is 6.56. The van der Waals surface area contributed by atoms with E-state index in [1.165, 1.54) is 12.0 Å². The Bertz CT molecular complexity index is 1150. The first-order chi connectivity index (χ1) is 16.1. The maximum absolute atomic E-state index is 12.9. The molecule has 8 heteroatoms. The van der Waals surface area contributed by atoms with Crippen LogP contribution in [0.25, 0.3) is 11.0 Å². The Morgan fingerprint density at radius 1 is 1.26 bits per heavy atom. The second-order valence-corrected chi connectivity index (χ2v) is 11.0. The second kappa shape index (κ2) is 11.3. The van der Waals surface area contributed by atoms with Gasteiger partial charge in [0.1, 0.15) is 0 Å². The van der Waals surface area contributed by atoms with E-state index in [1.54, 1.807) is 24.3 Å². The van der Waals surface area contributed by atoms with Gasteiger partial charge in [0, 0.05) is 35.8 Å². The highest BCUT2D eigenvalue weighted by Crippen LogP contribution is 2.27. The number of imidazole rings is 1. The highest BCUT2D eigenvalue weighted by atomic mass is 35.5. The zero-order valence-electron chi connectivity index (χ0n) is 21.3. The predicted octanol–water partition coefficient (Wildman–Crippen LogP) is 5.98. The minimum Gasteiger partial charge on any atom is -0.312 e. The number of halogens is 2. The van der Waals surface area contributed by atoms with Crippen LogP contribution in [-0.2, 0) is 13.1 Å². The Hall–Kier alpha value is -2.12. The minimum atomic E-state index is -0.188. The summed E-state index contributed by atoms with van der Waals surface area (Å²) in [6.45, 7) is 11.7. The van der Waals surface area contributed by atoms with Crippen LogP contribution < -0.4 is 10.6 Å². The molecule has 35 heavy (non-hydrogen) atoms. The van der Waals surface area contributed by atoms with E-state index in [-0.39, 0.29) is 23.7 Å². The maximum atomic E-state index is 12.9. The van der Waals surface area contributed by atoms with Crippen molar-refractivity contribution in [3.63, 3.8) is 0 Å². The van der Waals surface area contributed by atoms with E-state index in [0.29, 0.717) is 28.6 Å². The smallest absolute Gasteiger partial charge is 0.257 e. The Morgan fingerprint density at radius 3 is 2.60 bits per heavy atom. The molecule has 1 aromatic heterocycles. The van der Waals surface area contributed by atoms with Crippen LogP contribution in [0.5, 0.6) is 0 Å². The maximum Gasteiger partial charge on any atom is 0.257 e. The largest absolute Gasteiger partial charge is 0.312 e. The molecule has 0 radical (unpaired) electrons. The molecule has 0 saturated carbocycles. The van der Waals surface area contributed by atoms with Crippen LogP contribution in [0, 0.1) is 5.41 Å². The van der Waals surface area contributed by atoms with Gasteiger partial charge >= 0.3 is 0 Å². The molecule has 2 heterocycles. The van der Waals surface area contributed by atoms with Crippen molar-refractivity contribution < 1.29 is 4.79 Å². The lowest BCUT2D eigenvalue weighted by Crippen LogP contribution is -2.38. The number of aromatic nitrogens is 2. The lowest BCUT2D eigenvalue weighted by Gasteiger charge is -2.35. The summed E-state index contributed by atoms with van der Waals surface area (Å²) in [4.78, 5) is 20.2. The minimum absolute atomic E-state index is 0. The molecule has 2 aromatic carbocycles. The van der Waals surface area contributed by atoms with Crippen LogP contribution in [0.3, 0.4) is 0 Å². The summed E-state index contributed by atoms with van der Waals surface area (Å²) in [6.07, 6.45) is 2.30. The molecule has 1 saturated heterocycles.